The molecule has 17 heavy (non-hydrogen) atoms. The molecule has 0 unspecified atom stereocenters. The first-order valence-corrected chi connectivity index (χ1v) is 4.70. The largest absolute Gasteiger partial charge is 0.478 e. The Kier molecular flexibility index (Phi) is 2.74. The number of hydrogen-bond donors (Lipinski definition) is 1. The van der Waals surface area contributed by atoms with Crippen LogP contribution in [-0.4, -0.2) is 17.4 Å². The number of carboxylic acids is 1. The van der Waals surface area contributed by atoms with Crippen molar-refractivity contribution in [3.8, 4) is 11.3 Å². The zero-order chi connectivity index (χ0) is 12.4. The minimum absolute atomic E-state index is 0.128. The van der Waals surface area contributed by atoms with E-state index in [9.17, 15) is 14.0 Å². The summed E-state index contributed by atoms with van der Waals surface area (Å²) in [6.07, 6.45) is 0.533. The van der Waals surface area contributed by atoms with E-state index in [1.54, 1.807) is 0 Å². The molecular formula is C12H7FO4. The third kappa shape index (κ3) is 2.08. The Bertz CT molecular complexity index is 586. The molecule has 2 rings (SSSR count). The standard InChI is InChI=1S/C12H7FO4/c13-10-5-7(1-3-9(10)12(15)16)11-4-2-8(6-14)17-11/h1-6H,(H,15,16). The molecule has 0 aliphatic rings. The monoisotopic (exact) mass is 234 g/mol. The lowest BCUT2D eigenvalue weighted by molar-refractivity contribution is 0.0692. The van der Waals surface area contributed by atoms with Crippen LogP contribution in [0.15, 0.2) is 34.7 Å². The lowest BCUT2D eigenvalue weighted by Gasteiger charge is -2.00. The van der Waals surface area contributed by atoms with Crippen molar-refractivity contribution in [3.05, 3.63) is 47.5 Å². The number of aromatic carboxylic acids is 1. The first-order chi connectivity index (χ1) is 8.11. The zero-order valence-electron chi connectivity index (χ0n) is 8.51. The van der Waals surface area contributed by atoms with Gasteiger partial charge in [-0.2, -0.15) is 0 Å². The molecule has 0 amide bonds. The maximum atomic E-state index is 13.4. The molecule has 5 heteroatoms. The van der Waals surface area contributed by atoms with E-state index in [4.69, 9.17) is 9.52 Å². The van der Waals surface area contributed by atoms with Crippen molar-refractivity contribution < 1.29 is 23.5 Å². The maximum absolute atomic E-state index is 13.4. The van der Waals surface area contributed by atoms with E-state index in [-0.39, 0.29) is 5.76 Å². The summed E-state index contributed by atoms with van der Waals surface area (Å²) in [5, 5.41) is 8.66. The second-order valence-corrected chi connectivity index (χ2v) is 3.32. The van der Waals surface area contributed by atoms with Gasteiger partial charge in [0.2, 0.25) is 0 Å². The lowest BCUT2D eigenvalue weighted by atomic mass is 10.1. The summed E-state index contributed by atoms with van der Waals surface area (Å²) in [6.45, 7) is 0. The van der Waals surface area contributed by atoms with Gasteiger partial charge in [-0.1, -0.05) is 6.07 Å². The van der Waals surface area contributed by atoms with E-state index < -0.39 is 17.3 Å². The number of aldehydes is 1. The van der Waals surface area contributed by atoms with Crippen molar-refractivity contribution >= 4 is 12.3 Å². The highest BCUT2D eigenvalue weighted by Crippen LogP contribution is 2.23. The van der Waals surface area contributed by atoms with E-state index >= 15 is 0 Å². The van der Waals surface area contributed by atoms with Crippen LogP contribution in [0.2, 0.25) is 0 Å². The number of furan rings is 1. The molecule has 4 nitrogen and oxygen atoms in total. The Morgan fingerprint density at radius 2 is 2.06 bits per heavy atom. The van der Waals surface area contributed by atoms with Gasteiger partial charge in [-0.15, -0.1) is 0 Å². The molecule has 1 N–H and O–H groups in total. The first-order valence-electron chi connectivity index (χ1n) is 4.70. The normalized spacial score (nSPS) is 10.2. The van der Waals surface area contributed by atoms with Crippen molar-refractivity contribution in [2.45, 2.75) is 0 Å². The highest BCUT2D eigenvalue weighted by molar-refractivity contribution is 5.88. The first kappa shape index (κ1) is 11.1. The summed E-state index contributed by atoms with van der Waals surface area (Å²) < 4.78 is 18.5. The fraction of sp³-hybridized carbons (Fsp3) is 0. The van der Waals surface area contributed by atoms with E-state index in [0.29, 0.717) is 17.6 Å². The number of hydrogen-bond acceptors (Lipinski definition) is 3. The predicted molar refractivity (Wildman–Crippen MR) is 56.4 cm³/mol. The topological polar surface area (TPSA) is 67.5 Å². The van der Waals surface area contributed by atoms with Gasteiger partial charge in [0.25, 0.3) is 0 Å². The van der Waals surface area contributed by atoms with Gasteiger partial charge < -0.3 is 9.52 Å². The third-order valence-corrected chi connectivity index (χ3v) is 2.23. The van der Waals surface area contributed by atoms with Gasteiger partial charge in [0, 0.05) is 5.56 Å². The van der Waals surface area contributed by atoms with Gasteiger partial charge in [-0.3, -0.25) is 4.79 Å². The summed E-state index contributed by atoms with van der Waals surface area (Å²) in [5.41, 5.74) is -0.0310. The lowest BCUT2D eigenvalue weighted by Crippen LogP contribution is -1.99. The molecule has 0 aliphatic carbocycles. The molecule has 0 bridgehead atoms. The van der Waals surface area contributed by atoms with Crippen molar-refractivity contribution in [3.63, 3.8) is 0 Å². The number of benzene rings is 1. The molecule has 1 aromatic carbocycles. The highest BCUT2D eigenvalue weighted by atomic mass is 19.1. The average molecular weight is 234 g/mol. The van der Waals surface area contributed by atoms with E-state index in [1.165, 1.54) is 18.2 Å². The molecule has 0 aliphatic heterocycles. The number of carbonyl (C=O) groups excluding carboxylic acids is 1. The van der Waals surface area contributed by atoms with Crippen LogP contribution < -0.4 is 0 Å². The Morgan fingerprint density at radius 3 is 2.59 bits per heavy atom. The third-order valence-electron chi connectivity index (χ3n) is 2.23. The fourth-order valence-corrected chi connectivity index (χ4v) is 1.41. The molecule has 86 valence electrons. The molecule has 1 aromatic heterocycles. The summed E-state index contributed by atoms with van der Waals surface area (Å²) in [4.78, 5) is 21.0. The highest BCUT2D eigenvalue weighted by Gasteiger charge is 2.12. The van der Waals surface area contributed by atoms with Crippen LogP contribution in [0.5, 0.6) is 0 Å². The van der Waals surface area contributed by atoms with Crippen LogP contribution in [0.25, 0.3) is 11.3 Å². The molecule has 0 saturated carbocycles. The minimum atomic E-state index is -1.33. The van der Waals surface area contributed by atoms with E-state index in [1.807, 2.05) is 0 Å². The van der Waals surface area contributed by atoms with Crippen LogP contribution in [0.4, 0.5) is 4.39 Å². The van der Waals surface area contributed by atoms with Crippen LogP contribution in [0.3, 0.4) is 0 Å². The Hall–Kier alpha value is -2.43. The van der Waals surface area contributed by atoms with Gasteiger partial charge in [-0.25, -0.2) is 9.18 Å². The zero-order valence-corrected chi connectivity index (χ0v) is 8.51. The van der Waals surface area contributed by atoms with E-state index in [0.717, 1.165) is 12.1 Å². The SMILES string of the molecule is O=Cc1ccc(-c2ccc(C(=O)O)c(F)c2)o1. The van der Waals surface area contributed by atoms with E-state index in [2.05, 4.69) is 0 Å². The maximum Gasteiger partial charge on any atom is 0.338 e. The Balaban J connectivity index is 2.43. The molecule has 1 heterocycles. The van der Waals surface area contributed by atoms with Crippen molar-refractivity contribution in [1.82, 2.24) is 0 Å². The van der Waals surface area contributed by atoms with Gasteiger partial charge in [-0.05, 0) is 24.3 Å². The number of carboxylic acid groups (broad SMARTS) is 1. The summed E-state index contributed by atoms with van der Waals surface area (Å²) in [7, 11) is 0. The number of halogens is 1. The minimum Gasteiger partial charge on any atom is -0.478 e. The van der Waals surface area contributed by atoms with Gasteiger partial charge >= 0.3 is 5.97 Å². The van der Waals surface area contributed by atoms with Crippen LogP contribution >= 0.6 is 0 Å². The van der Waals surface area contributed by atoms with Gasteiger partial charge in [0.1, 0.15) is 11.6 Å². The quantitative estimate of drug-likeness (QED) is 0.829. The molecule has 0 atom stereocenters. The predicted octanol–water partition coefficient (Wildman–Crippen LogP) is 2.60. The summed E-state index contributed by atoms with van der Waals surface area (Å²) in [6, 6.07) is 6.58. The smallest absolute Gasteiger partial charge is 0.338 e. The molecule has 2 aromatic rings. The summed E-state index contributed by atoms with van der Waals surface area (Å²) in [5.74, 6) is -1.74. The number of rotatable bonds is 3. The van der Waals surface area contributed by atoms with Crippen LogP contribution in [0, 0.1) is 5.82 Å². The average Bonchev–Trinajstić information content (AvgIpc) is 2.76. The van der Waals surface area contributed by atoms with Crippen molar-refractivity contribution in [1.29, 1.82) is 0 Å². The van der Waals surface area contributed by atoms with Crippen LogP contribution in [0.1, 0.15) is 20.9 Å². The Labute approximate surface area is 95.3 Å². The van der Waals surface area contributed by atoms with Crippen LogP contribution in [-0.2, 0) is 0 Å². The molecule has 0 fully saturated rings. The second kappa shape index (κ2) is 4.21. The molecule has 0 saturated heterocycles. The second-order valence-electron chi connectivity index (χ2n) is 3.32. The van der Waals surface area contributed by atoms with Gasteiger partial charge in [0.05, 0.1) is 5.56 Å². The molecule has 0 spiro atoms. The number of carbonyl (C=O) groups is 2. The fourth-order valence-electron chi connectivity index (χ4n) is 1.41. The molecular weight excluding hydrogens is 227 g/mol. The van der Waals surface area contributed by atoms with Crippen molar-refractivity contribution in [2.24, 2.45) is 0 Å². The Morgan fingerprint density at radius 1 is 1.29 bits per heavy atom. The van der Waals surface area contributed by atoms with Crippen molar-refractivity contribution in [2.75, 3.05) is 0 Å². The van der Waals surface area contributed by atoms with Gasteiger partial charge in [0.15, 0.2) is 12.0 Å². The molecule has 0 radical (unpaired) electrons. The summed E-state index contributed by atoms with van der Waals surface area (Å²) >= 11 is 0.